The summed E-state index contributed by atoms with van der Waals surface area (Å²) >= 11 is 5.87. The van der Waals surface area contributed by atoms with Gasteiger partial charge in [0.15, 0.2) is 0 Å². The standard InChI is InChI=1S/C12H15ClN4O2S/c1-8-11(14)5-9(13)6-12(8)20(18,19)16-7-10-3-4-15-17(10)2/h3-6,16H,7,14H2,1-2H3. The van der Waals surface area contributed by atoms with Crippen LogP contribution in [-0.4, -0.2) is 18.2 Å². The van der Waals surface area contributed by atoms with E-state index in [2.05, 4.69) is 9.82 Å². The molecule has 0 bridgehead atoms. The fraction of sp³-hybridized carbons (Fsp3) is 0.250. The summed E-state index contributed by atoms with van der Waals surface area (Å²) in [7, 11) is -1.94. The van der Waals surface area contributed by atoms with Gasteiger partial charge >= 0.3 is 0 Å². The molecule has 0 saturated heterocycles. The molecule has 0 amide bonds. The molecule has 0 atom stereocenters. The highest BCUT2D eigenvalue weighted by Gasteiger charge is 2.19. The average Bonchev–Trinajstić information content (AvgIpc) is 2.77. The summed E-state index contributed by atoms with van der Waals surface area (Å²) in [5.41, 5.74) is 7.32. The van der Waals surface area contributed by atoms with Crippen LogP contribution in [0.5, 0.6) is 0 Å². The number of nitrogen functional groups attached to an aromatic ring is 1. The Labute approximate surface area is 122 Å². The molecule has 6 nitrogen and oxygen atoms in total. The van der Waals surface area contributed by atoms with E-state index in [0.29, 0.717) is 11.3 Å². The molecule has 0 fully saturated rings. The van der Waals surface area contributed by atoms with Gasteiger partial charge in [-0.3, -0.25) is 4.68 Å². The summed E-state index contributed by atoms with van der Waals surface area (Å²) in [4.78, 5) is 0.0877. The molecule has 0 aliphatic heterocycles. The van der Waals surface area contributed by atoms with Crippen LogP contribution in [-0.2, 0) is 23.6 Å². The number of aryl methyl sites for hydroxylation is 1. The van der Waals surface area contributed by atoms with E-state index in [0.717, 1.165) is 5.69 Å². The number of nitrogens with one attached hydrogen (secondary N) is 1. The molecule has 2 rings (SSSR count). The Morgan fingerprint density at radius 3 is 2.75 bits per heavy atom. The number of anilines is 1. The van der Waals surface area contributed by atoms with Crippen molar-refractivity contribution in [2.75, 3.05) is 5.73 Å². The Morgan fingerprint density at radius 1 is 1.45 bits per heavy atom. The van der Waals surface area contributed by atoms with Crippen LogP contribution in [0.1, 0.15) is 11.3 Å². The van der Waals surface area contributed by atoms with Gasteiger partial charge in [-0.2, -0.15) is 5.10 Å². The number of halogens is 1. The number of hydrogen-bond acceptors (Lipinski definition) is 4. The molecule has 20 heavy (non-hydrogen) atoms. The molecule has 3 N–H and O–H groups in total. The van der Waals surface area contributed by atoms with Gasteiger partial charge in [-0.05, 0) is 30.7 Å². The second-order valence-corrected chi connectivity index (χ2v) is 6.56. The largest absolute Gasteiger partial charge is 0.398 e. The monoisotopic (exact) mass is 314 g/mol. The number of benzene rings is 1. The SMILES string of the molecule is Cc1c(N)cc(Cl)cc1S(=O)(=O)NCc1ccnn1C. The quantitative estimate of drug-likeness (QED) is 0.836. The predicted octanol–water partition coefficient (Wildman–Crippen LogP) is 1.44. The van der Waals surface area contributed by atoms with Gasteiger partial charge in [0.2, 0.25) is 10.0 Å². The Hall–Kier alpha value is -1.57. The third kappa shape index (κ3) is 2.95. The minimum absolute atomic E-state index is 0.0877. The van der Waals surface area contributed by atoms with E-state index >= 15 is 0 Å². The number of sulfonamides is 1. The van der Waals surface area contributed by atoms with Crippen molar-refractivity contribution in [3.63, 3.8) is 0 Å². The van der Waals surface area contributed by atoms with Gasteiger partial charge in [0.25, 0.3) is 0 Å². The maximum atomic E-state index is 12.3. The summed E-state index contributed by atoms with van der Waals surface area (Å²) in [6.07, 6.45) is 1.60. The molecule has 0 aliphatic carbocycles. The molecule has 108 valence electrons. The van der Waals surface area contributed by atoms with Gasteiger partial charge in [-0.1, -0.05) is 11.6 Å². The summed E-state index contributed by atoms with van der Waals surface area (Å²) in [5.74, 6) is 0. The topological polar surface area (TPSA) is 90.0 Å². The summed E-state index contributed by atoms with van der Waals surface area (Å²) in [5, 5.41) is 4.26. The van der Waals surface area contributed by atoms with Crippen molar-refractivity contribution < 1.29 is 8.42 Å². The molecule has 0 unspecified atom stereocenters. The van der Waals surface area contributed by atoms with Crippen LogP contribution in [0.4, 0.5) is 5.69 Å². The van der Waals surface area contributed by atoms with Crippen LogP contribution in [0.2, 0.25) is 5.02 Å². The first-order chi connectivity index (χ1) is 9.31. The first-order valence-corrected chi connectivity index (χ1v) is 7.69. The minimum Gasteiger partial charge on any atom is -0.398 e. The van der Waals surface area contributed by atoms with Gasteiger partial charge in [-0.15, -0.1) is 0 Å². The fourth-order valence-corrected chi connectivity index (χ4v) is 3.36. The minimum atomic E-state index is -3.68. The van der Waals surface area contributed by atoms with E-state index in [4.69, 9.17) is 17.3 Å². The van der Waals surface area contributed by atoms with Crippen molar-refractivity contribution in [2.45, 2.75) is 18.4 Å². The van der Waals surface area contributed by atoms with Crippen molar-refractivity contribution in [1.82, 2.24) is 14.5 Å². The molecule has 2 aromatic rings. The number of nitrogens with zero attached hydrogens (tertiary/aromatic N) is 2. The summed E-state index contributed by atoms with van der Waals surface area (Å²) in [6, 6.07) is 4.65. The number of rotatable bonds is 4. The van der Waals surface area contributed by atoms with Gasteiger partial charge in [0.05, 0.1) is 17.1 Å². The van der Waals surface area contributed by atoms with Crippen LogP contribution in [0, 0.1) is 6.92 Å². The zero-order chi connectivity index (χ0) is 14.9. The lowest BCUT2D eigenvalue weighted by atomic mass is 10.2. The first kappa shape index (κ1) is 14.8. The second kappa shape index (κ2) is 5.43. The first-order valence-electron chi connectivity index (χ1n) is 5.83. The van der Waals surface area contributed by atoms with E-state index in [-0.39, 0.29) is 16.5 Å². The predicted molar refractivity (Wildman–Crippen MR) is 77.8 cm³/mol. The molecule has 1 aromatic heterocycles. The van der Waals surface area contributed by atoms with Crippen LogP contribution in [0.25, 0.3) is 0 Å². The van der Waals surface area contributed by atoms with E-state index < -0.39 is 10.0 Å². The molecular weight excluding hydrogens is 300 g/mol. The van der Waals surface area contributed by atoms with Crippen molar-refractivity contribution in [2.24, 2.45) is 7.05 Å². The molecule has 0 spiro atoms. The van der Waals surface area contributed by atoms with Crippen LogP contribution < -0.4 is 10.5 Å². The smallest absolute Gasteiger partial charge is 0.241 e. The normalized spacial score (nSPS) is 11.8. The van der Waals surface area contributed by atoms with Crippen molar-refractivity contribution >= 4 is 27.3 Å². The molecule has 8 heteroatoms. The maximum Gasteiger partial charge on any atom is 0.241 e. The van der Waals surface area contributed by atoms with Crippen LogP contribution in [0.3, 0.4) is 0 Å². The van der Waals surface area contributed by atoms with Gasteiger partial charge in [-0.25, -0.2) is 13.1 Å². The van der Waals surface area contributed by atoms with E-state index in [1.807, 2.05) is 0 Å². The van der Waals surface area contributed by atoms with Crippen molar-refractivity contribution in [3.8, 4) is 0 Å². The lowest BCUT2D eigenvalue weighted by molar-refractivity contribution is 0.576. The molecule has 0 radical (unpaired) electrons. The lowest BCUT2D eigenvalue weighted by Gasteiger charge is -2.11. The highest BCUT2D eigenvalue weighted by molar-refractivity contribution is 7.89. The summed E-state index contributed by atoms with van der Waals surface area (Å²) < 4.78 is 28.7. The Balaban J connectivity index is 2.29. The van der Waals surface area contributed by atoms with Crippen LogP contribution >= 0.6 is 11.6 Å². The highest BCUT2D eigenvalue weighted by Crippen LogP contribution is 2.25. The Bertz CT molecular complexity index is 740. The molecule has 1 heterocycles. The van der Waals surface area contributed by atoms with Crippen molar-refractivity contribution in [1.29, 1.82) is 0 Å². The number of hydrogen-bond donors (Lipinski definition) is 2. The highest BCUT2D eigenvalue weighted by atomic mass is 35.5. The van der Waals surface area contributed by atoms with Gasteiger partial charge in [0, 0.05) is 24.0 Å². The third-order valence-corrected chi connectivity index (χ3v) is 4.77. The van der Waals surface area contributed by atoms with Crippen molar-refractivity contribution in [3.05, 3.63) is 40.7 Å². The van der Waals surface area contributed by atoms with E-state index in [9.17, 15) is 8.42 Å². The zero-order valence-electron chi connectivity index (χ0n) is 11.1. The average molecular weight is 315 g/mol. The molecule has 1 aromatic carbocycles. The van der Waals surface area contributed by atoms with Gasteiger partial charge in [0.1, 0.15) is 0 Å². The van der Waals surface area contributed by atoms with E-state index in [1.165, 1.54) is 12.1 Å². The Kier molecular flexibility index (Phi) is 4.03. The fourth-order valence-electron chi connectivity index (χ4n) is 1.77. The lowest BCUT2D eigenvalue weighted by Crippen LogP contribution is -2.25. The maximum absolute atomic E-state index is 12.3. The number of aromatic nitrogens is 2. The Morgan fingerprint density at radius 2 is 2.15 bits per heavy atom. The molecule has 0 saturated carbocycles. The second-order valence-electron chi connectivity index (χ2n) is 4.39. The molecular formula is C12H15ClN4O2S. The van der Waals surface area contributed by atoms with Crippen LogP contribution in [0.15, 0.2) is 29.3 Å². The molecule has 0 aliphatic rings. The van der Waals surface area contributed by atoms with E-state index in [1.54, 1.807) is 30.9 Å². The van der Waals surface area contributed by atoms with Gasteiger partial charge < -0.3 is 5.73 Å². The zero-order valence-corrected chi connectivity index (χ0v) is 12.7. The number of nitrogens with two attached hydrogens (primary N) is 1. The summed E-state index contributed by atoms with van der Waals surface area (Å²) in [6.45, 7) is 1.79. The third-order valence-electron chi connectivity index (χ3n) is 3.02.